The van der Waals surface area contributed by atoms with Crippen molar-refractivity contribution in [2.75, 3.05) is 5.75 Å². The maximum Gasteiger partial charge on any atom is 0.0786 e. The number of quaternary nitrogens is 1. The number of aliphatic carboxylic acids is 1. The zero-order valence-electron chi connectivity index (χ0n) is 10.6. The topological polar surface area (TPSA) is 67.8 Å². The summed E-state index contributed by atoms with van der Waals surface area (Å²) in [6, 6.07) is 7.75. The molecule has 0 aromatic heterocycles. The smallest absolute Gasteiger partial charge is 0.0786 e. The molecule has 0 aliphatic rings. The largest absolute Gasteiger partial charge is 0.545 e. The van der Waals surface area contributed by atoms with Gasteiger partial charge in [0.15, 0.2) is 0 Å². The van der Waals surface area contributed by atoms with E-state index in [0.717, 1.165) is 4.90 Å². The first-order chi connectivity index (χ1) is 8.32. The number of carboxylic acid groups (broad SMARTS) is 1. The van der Waals surface area contributed by atoms with E-state index in [9.17, 15) is 9.90 Å². The molecule has 18 heavy (non-hydrogen) atoms. The molecule has 1 aromatic rings. The van der Waals surface area contributed by atoms with Crippen LogP contribution in [0.15, 0.2) is 41.3 Å². The van der Waals surface area contributed by atoms with Crippen LogP contribution in [0.4, 0.5) is 0 Å². The number of hydrogen-bond acceptors (Lipinski definition) is 3. The van der Waals surface area contributed by atoms with Crippen molar-refractivity contribution in [3.63, 3.8) is 0 Å². The van der Waals surface area contributed by atoms with Crippen LogP contribution in [0.2, 0.25) is 5.02 Å². The van der Waals surface area contributed by atoms with Crippen molar-refractivity contribution in [1.29, 1.82) is 0 Å². The third-order valence-corrected chi connectivity index (χ3v) is 2.87. The molecule has 1 rings (SSSR count). The first-order valence-electron chi connectivity index (χ1n) is 5.43. The van der Waals surface area contributed by atoms with E-state index in [4.69, 9.17) is 11.6 Å². The van der Waals surface area contributed by atoms with Gasteiger partial charge in [0, 0.05) is 15.7 Å². The monoisotopic (exact) mass is 287 g/mol. The van der Waals surface area contributed by atoms with E-state index in [1.807, 2.05) is 12.1 Å². The molecule has 5 heteroatoms. The molecule has 0 bridgehead atoms. The highest BCUT2D eigenvalue weighted by Crippen LogP contribution is 2.21. The van der Waals surface area contributed by atoms with Gasteiger partial charge in [-0.15, -0.1) is 11.8 Å². The summed E-state index contributed by atoms with van der Waals surface area (Å²) in [5, 5.41) is 11.0. The summed E-state index contributed by atoms with van der Waals surface area (Å²) >= 11 is 7.08. The molecule has 0 radical (unpaired) electrons. The van der Waals surface area contributed by atoms with Gasteiger partial charge in [-0.2, -0.15) is 0 Å². The van der Waals surface area contributed by atoms with E-state index < -0.39 is 5.97 Å². The van der Waals surface area contributed by atoms with Crippen LogP contribution in [-0.4, -0.2) is 17.8 Å². The molecule has 0 atom stereocenters. The van der Waals surface area contributed by atoms with Gasteiger partial charge in [-0.05, 0) is 43.7 Å². The van der Waals surface area contributed by atoms with E-state index in [1.165, 1.54) is 11.8 Å². The molecule has 0 unspecified atom stereocenters. The van der Waals surface area contributed by atoms with Gasteiger partial charge < -0.3 is 15.6 Å². The quantitative estimate of drug-likeness (QED) is 0.672. The fraction of sp³-hybridized carbons (Fsp3) is 0.308. The molecule has 0 amide bonds. The van der Waals surface area contributed by atoms with Crippen LogP contribution >= 0.6 is 23.4 Å². The third-order valence-electron chi connectivity index (χ3n) is 1.52. The van der Waals surface area contributed by atoms with Gasteiger partial charge in [0.2, 0.25) is 0 Å². The van der Waals surface area contributed by atoms with Crippen LogP contribution in [0.25, 0.3) is 0 Å². The second-order valence-electron chi connectivity index (χ2n) is 4.03. The van der Waals surface area contributed by atoms with Gasteiger partial charge in [0.05, 0.1) is 12.0 Å². The van der Waals surface area contributed by atoms with Gasteiger partial charge in [-0.1, -0.05) is 18.2 Å². The Labute approximate surface area is 117 Å². The summed E-state index contributed by atoms with van der Waals surface area (Å²) in [6.07, 6.45) is 0. The SMILES string of the molecule is C=C(CSc1ccc(Cl)cc1)C(=O)[O-].CC(C)[NH3+]. The second kappa shape index (κ2) is 9.03. The number of carboxylic acids is 1. The fourth-order valence-corrected chi connectivity index (χ4v) is 1.67. The van der Waals surface area contributed by atoms with Crippen LogP contribution in [0.5, 0.6) is 0 Å². The lowest BCUT2D eigenvalue weighted by Gasteiger charge is -2.05. The predicted octanol–water partition coefficient (Wildman–Crippen LogP) is 1.37. The molecule has 0 spiro atoms. The molecule has 0 saturated heterocycles. The highest BCUT2D eigenvalue weighted by molar-refractivity contribution is 7.99. The Hall–Kier alpha value is -0.970. The van der Waals surface area contributed by atoms with E-state index in [1.54, 1.807) is 12.1 Å². The Morgan fingerprint density at radius 3 is 2.28 bits per heavy atom. The van der Waals surface area contributed by atoms with Crippen molar-refractivity contribution < 1.29 is 15.6 Å². The number of halogens is 1. The van der Waals surface area contributed by atoms with Gasteiger partial charge in [-0.25, -0.2) is 0 Å². The zero-order chi connectivity index (χ0) is 14.1. The summed E-state index contributed by atoms with van der Waals surface area (Å²) in [5.41, 5.74) is 3.73. The van der Waals surface area contributed by atoms with Crippen molar-refractivity contribution in [2.24, 2.45) is 0 Å². The molecule has 1 aromatic carbocycles. The summed E-state index contributed by atoms with van der Waals surface area (Å²) in [6.45, 7) is 7.49. The maximum absolute atomic E-state index is 10.3. The minimum atomic E-state index is -1.20. The number of hydrogen-bond donors (Lipinski definition) is 1. The standard InChI is InChI=1S/C10H9ClO2S.C3H9N/c1-7(10(12)13)6-14-9-4-2-8(11)3-5-9;1-3(2)4/h2-5H,1,6H2,(H,12,13);3H,4H2,1-2H3. The first-order valence-corrected chi connectivity index (χ1v) is 6.80. The molecule has 0 fully saturated rings. The van der Waals surface area contributed by atoms with Gasteiger partial charge >= 0.3 is 0 Å². The number of carbonyl (C=O) groups is 1. The van der Waals surface area contributed by atoms with Gasteiger partial charge in [-0.3, -0.25) is 0 Å². The molecular weight excluding hydrogens is 270 g/mol. The lowest BCUT2D eigenvalue weighted by Crippen LogP contribution is -2.57. The lowest BCUT2D eigenvalue weighted by molar-refractivity contribution is -0.407. The maximum atomic E-state index is 10.3. The molecule has 0 aliphatic heterocycles. The van der Waals surface area contributed by atoms with Crippen molar-refractivity contribution in [2.45, 2.75) is 24.8 Å². The Balaban J connectivity index is 0.000000631. The Morgan fingerprint density at radius 1 is 1.44 bits per heavy atom. The molecule has 0 aliphatic carbocycles. The van der Waals surface area contributed by atoms with E-state index in [2.05, 4.69) is 26.2 Å². The summed E-state index contributed by atoms with van der Waals surface area (Å²) < 4.78 is 0. The van der Waals surface area contributed by atoms with Crippen molar-refractivity contribution in [1.82, 2.24) is 0 Å². The van der Waals surface area contributed by atoms with Gasteiger partial charge in [0.25, 0.3) is 0 Å². The molecule has 0 saturated carbocycles. The summed E-state index contributed by atoms with van der Waals surface area (Å²) in [5.74, 6) is -0.879. The number of rotatable bonds is 4. The number of thioether (sulfide) groups is 1. The van der Waals surface area contributed by atoms with Crippen molar-refractivity contribution in [3.05, 3.63) is 41.4 Å². The summed E-state index contributed by atoms with van der Waals surface area (Å²) in [7, 11) is 0. The number of benzene rings is 1. The lowest BCUT2D eigenvalue weighted by atomic mass is 10.4. The third kappa shape index (κ3) is 9.10. The van der Waals surface area contributed by atoms with E-state index in [-0.39, 0.29) is 5.57 Å². The summed E-state index contributed by atoms with van der Waals surface area (Å²) in [4.78, 5) is 11.3. The second-order valence-corrected chi connectivity index (χ2v) is 5.51. The van der Waals surface area contributed by atoms with Crippen LogP contribution in [0, 0.1) is 0 Å². The minimum Gasteiger partial charge on any atom is -0.545 e. The van der Waals surface area contributed by atoms with E-state index >= 15 is 0 Å². The Bertz CT molecular complexity index is 388. The highest BCUT2D eigenvalue weighted by Gasteiger charge is 1.97. The first kappa shape index (κ1) is 17.0. The Morgan fingerprint density at radius 2 is 1.89 bits per heavy atom. The fourth-order valence-electron chi connectivity index (χ4n) is 0.760. The minimum absolute atomic E-state index is 0.0879. The molecular formula is C13H18ClNO2S. The molecule has 3 N–H and O–H groups in total. The average Bonchev–Trinajstić information content (AvgIpc) is 2.27. The Kier molecular flexibility index (Phi) is 8.54. The van der Waals surface area contributed by atoms with Crippen LogP contribution in [0.3, 0.4) is 0 Å². The number of carbonyl (C=O) groups excluding carboxylic acids is 1. The molecule has 0 heterocycles. The van der Waals surface area contributed by atoms with E-state index in [0.29, 0.717) is 16.8 Å². The van der Waals surface area contributed by atoms with Crippen molar-refractivity contribution >= 4 is 29.3 Å². The van der Waals surface area contributed by atoms with Crippen LogP contribution in [0.1, 0.15) is 13.8 Å². The zero-order valence-corrected chi connectivity index (χ0v) is 12.2. The molecule has 3 nitrogen and oxygen atoms in total. The van der Waals surface area contributed by atoms with Crippen LogP contribution in [-0.2, 0) is 4.79 Å². The highest BCUT2D eigenvalue weighted by atomic mass is 35.5. The predicted molar refractivity (Wildman–Crippen MR) is 74.3 cm³/mol. The van der Waals surface area contributed by atoms with Crippen LogP contribution < -0.4 is 10.8 Å². The average molecular weight is 288 g/mol. The van der Waals surface area contributed by atoms with Gasteiger partial charge in [0.1, 0.15) is 0 Å². The normalized spacial score (nSPS) is 9.61. The van der Waals surface area contributed by atoms with Crippen molar-refractivity contribution in [3.8, 4) is 0 Å². The molecule has 100 valence electrons.